The zero-order valence-corrected chi connectivity index (χ0v) is 28.1. The third-order valence-electron chi connectivity index (χ3n) is 10.6. The normalized spacial score (nSPS) is 11.8. The van der Waals surface area contributed by atoms with Crippen molar-refractivity contribution in [1.29, 1.82) is 0 Å². The Morgan fingerprint density at radius 1 is 0.346 bits per heavy atom. The van der Waals surface area contributed by atoms with E-state index in [1.165, 1.54) is 59.6 Å². The van der Waals surface area contributed by atoms with E-state index in [1.807, 2.05) is 12.3 Å². The van der Waals surface area contributed by atoms with E-state index in [-0.39, 0.29) is 0 Å². The number of aromatic nitrogens is 3. The van der Waals surface area contributed by atoms with Crippen LogP contribution in [0.2, 0.25) is 0 Å². The predicted molar refractivity (Wildman–Crippen MR) is 219 cm³/mol. The summed E-state index contributed by atoms with van der Waals surface area (Å²) in [7, 11) is 0. The maximum Gasteiger partial charge on any atom is 0.0794 e. The van der Waals surface area contributed by atoms with E-state index < -0.39 is 0 Å². The molecule has 0 saturated heterocycles. The van der Waals surface area contributed by atoms with Gasteiger partial charge >= 0.3 is 0 Å². The number of nitrogens with zero attached hydrogens (tertiary/aromatic N) is 3. The number of benzene rings is 8. The molecular weight excluding hydrogens is 631 g/mol. The first-order chi connectivity index (χ1) is 25.8. The maximum absolute atomic E-state index is 5.32. The van der Waals surface area contributed by atoms with Gasteiger partial charge in [-0.25, -0.2) is 9.97 Å². The van der Waals surface area contributed by atoms with Crippen molar-refractivity contribution in [2.75, 3.05) is 0 Å². The molecule has 0 aliphatic carbocycles. The number of hydrogen-bond acceptors (Lipinski definition) is 3. The molecule has 0 N–H and O–H groups in total. The standard InChI is InChI=1S/C49H29N3/c1-4-14-38-35(11-1)36-12-2-5-15-39(36)47-46(38)41-17-7-8-18-45(41)52-49(47)31-21-19-30(20-22-31)43-26-24-33-28-32(23-25-44(33)51-43)42-29-34-10-9-27-50-48(34)40-16-6-3-13-37(40)42/h1-29H. The van der Waals surface area contributed by atoms with Crippen molar-refractivity contribution in [1.82, 2.24) is 15.0 Å². The third-order valence-corrected chi connectivity index (χ3v) is 10.6. The lowest BCUT2D eigenvalue weighted by Crippen LogP contribution is -1.93. The molecule has 3 nitrogen and oxygen atoms in total. The molecule has 0 saturated carbocycles. The number of fused-ring (bicyclic) bond motifs is 12. The van der Waals surface area contributed by atoms with Gasteiger partial charge in [-0.3, -0.25) is 4.98 Å². The van der Waals surface area contributed by atoms with Gasteiger partial charge in [-0.15, -0.1) is 0 Å². The first-order valence-electron chi connectivity index (χ1n) is 17.7. The fraction of sp³-hybridized carbons (Fsp3) is 0. The molecule has 0 aliphatic heterocycles. The first kappa shape index (κ1) is 28.8. The molecule has 0 unspecified atom stereocenters. The average Bonchev–Trinajstić information content (AvgIpc) is 3.22. The lowest BCUT2D eigenvalue weighted by Gasteiger charge is -2.16. The largest absolute Gasteiger partial charge is 0.256 e. The predicted octanol–water partition coefficient (Wildman–Crippen LogP) is 12.9. The van der Waals surface area contributed by atoms with Crippen molar-refractivity contribution in [3.8, 4) is 33.6 Å². The van der Waals surface area contributed by atoms with Crippen LogP contribution in [0.3, 0.4) is 0 Å². The third kappa shape index (κ3) is 4.36. The summed E-state index contributed by atoms with van der Waals surface area (Å²) in [6.45, 7) is 0. The van der Waals surface area contributed by atoms with Crippen molar-refractivity contribution in [3.05, 3.63) is 176 Å². The molecule has 0 fully saturated rings. The molecule has 3 heterocycles. The quantitative estimate of drug-likeness (QED) is 0.177. The van der Waals surface area contributed by atoms with Crippen molar-refractivity contribution in [3.63, 3.8) is 0 Å². The van der Waals surface area contributed by atoms with E-state index >= 15 is 0 Å². The molecule has 11 aromatic rings. The van der Waals surface area contributed by atoms with Gasteiger partial charge in [-0.2, -0.15) is 0 Å². The van der Waals surface area contributed by atoms with Crippen molar-refractivity contribution >= 4 is 75.8 Å². The summed E-state index contributed by atoms with van der Waals surface area (Å²) in [5.74, 6) is 0. The fourth-order valence-electron chi connectivity index (χ4n) is 8.24. The lowest BCUT2D eigenvalue weighted by atomic mass is 9.90. The zero-order chi connectivity index (χ0) is 34.2. The summed E-state index contributed by atoms with van der Waals surface area (Å²) in [4.78, 5) is 15.1. The molecule has 0 spiro atoms. The Kier molecular flexibility index (Phi) is 6.25. The van der Waals surface area contributed by atoms with Crippen LogP contribution in [0.4, 0.5) is 0 Å². The summed E-state index contributed by atoms with van der Waals surface area (Å²) in [6.07, 6.45) is 1.87. The van der Waals surface area contributed by atoms with Gasteiger partial charge in [-0.05, 0) is 74.5 Å². The molecule has 0 bridgehead atoms. The van der Waals surface area contributed by atoms with E-state index in [0.29, 0.717) is 0 Å². The van der Waals surface area contributed by atoms with Crippen molar-refractivity contribution in [2.24, 2.45) is 0 Å². The van der Waals surface area contributed by atoms with Gasteiger partial charge in [-0.1, -0.05) is 133 Å². The van der Waals surface area contributed by atoms with Crippen molar-refractivity contribution in [2.45, 2.75) is 0 Å². The van der Waals surface area contributed by atoms with Gasteiger partial charge in [0.25, 0.3) is 0 Å². The Bertz CT molecular complexity index is 3240. The molecule has 240 valence electrons. The molecular formula is C49H29N3. The van der Waals surface area contributed by atoms with Crippen LogP contribution in [-0.2, 0) is 0 Å². The first-order valence-corrected chi connectivity index (χ1v) is 17.7. The monoisotopic (exact) mass is 659 g/mol. The Morgan fingerprint density at radius 2 is 0.981 bits per heavy atom. The lowest BCUT2D eigenvalue weighted by molar-refractivity contribution is 1.39. The van der Waals surface area contributed by atoms with Crippen LogP contribution in [0, 0.1) is 0 Å². The molecule has 3 heteroatoms. The highest BCUT2D eigenvalue weighted by Crippen LogP contribution is 2.43. The Morgan fingerprint density at radius 3 is 1.77 bits per heavy atom. The fourth-order valence-corrected chi connectivity index (χ4v) is 8.24. The minimum Gasteiger partial charge on any atom is -0.256 e. The molecule has 3 aromatic heterocycles. The molecule has 8 aromatic carbocycles. The van der Waals surface area contributed by atoms with E-state index in [4.69, 9.17) is 9.97 Å². The van der Waals surface area contributed by atoms with Crippen LogP contribution >= 0.6 is 0 Å². The maximum atomic E-state index is 5.32. The van der Waals surface area contributed by atoms with Crippen LogP contribution in [0.5, 0.6) is 0 Å². The molecule has 0 radical (unpaired) electrons. The number of para-hydroxylation sites is 1. The van der Waals surface area contributed by atoms with E-state index in [0.717, 1.165) is 49.8 Å². The second kappa shape index (κ2) is 11.3. The van der Waals surface area contributed by atoms with Crippen molar-refractivity contribution < 1.29 is 0 Å². The topological polar surface area (TPSA) is 38.7 Å². The average molecular weight is 660 g/mol. The minimum atomic E-state index is 0.946. The minimum absolute atomic E-state index is 0.946. The van der Waals surface area contributed by atoms with Gasteiger partial charge < -0.3 is 0 Å². The zero-order valence-electron chi connectivity index (χ0n) is 28.1. The van der Waals surface area contributed by atoms with Crippen LogP contribution in [0.25, 0.3) is 109 Å². The van der Waals surface area contributed by atoms with Gasteiger partial charge in [0, 0.05) is 49.6 Å². The SMILES string of the molecule is c1cnc2c(c1)cc(-c1ccc3nc(-c4ccc(-c5nc6ccccc6c6c7ccccc7c7ccccc7c56)cc4)ccc3c1)c1ccccc12. The van der Waals surface area contributed by atoms with Crippen LogP contribution in [0.1, 0.15) is 0 Å². The summed E-state index contributed by atoms with van der Waals surface area (Å²) in [5.41, 5.74) is 9.48. The Balaban J connectivity index is 1.02. The van der Waals surface area contributed by atoms with Crippen LogP contribution < -0.4 is 0 Å². The Hall–Kier alpha value is -6.97. The molecule has 0 amide bonds. The van der Waals surface area contributed by atoms with E-state index in [2.05, 4.69) is 169 Å². The van der Waals surface area contributed by atoms with Gasteiger partial charge in [0.05, 0.1) is 27.9 Å². The molecule has 0 aliphatic rings. The summed E-state index contributed by atoms with van der Waals surface area (Å²) >= 11 is 0. The van der Waals surface area contributed by atoms with E-state index in [1.54, 1.807) is 0 Å². The number of rotatable bonds is 3. The number of hydrogen-bond donors (Lipinski definition) is 0. The second-order valence-electron chi connectivity index (χ2n) is 13.5. The summed E-state index contributed by atoms with van der Waals surface area (Å²) in [5, 5.41) is 13.2. The summed E-state index contributed by atoms with van der Waals surface area (Å²) in [6, 6.07) is 60.6. The molecule has 11 rings (SSSR count). The van der Waals surface area contributed by atoms with E-state index in [9.17, 15) is 0 Å². The molecule has 0 atom stereocenters. The second-order valence-corrected chi connectivity index (χ2v) is 13.5. The highest BCUT2D eigenvalue weighted by Gasteiger charge is 2.18. The highest BCUT2D eigenvalue weighted by molar-refractivity contribution is 6.33. The van der Waals surface area contributed by atoms with Gasteiger partial charge in [0.2, 0.25) is 0 Å². The highest BCUT2D eigenvalue weighted by atomic mass is 14.7. The Labute approximate surface area is 299 Å². The van der Waals surface area contributed by atoms with Gasteiger partial charge in [0.1, 0.15) is 0 Å². The van der Waals surface area contributed by atoms with Crippen LogP contribution in [-0.4, -0.2) is 15.0 Å². The van der Waals surface area contributed by atoms with Gasteiger partial charge in [0.15, 0.2) is 0 Å². The van der Waals surface area contributed by atoms with Crippen LogP contribution in [0.15, 0.2) is 176 Å². The summed E-state index contributed by atoms with van der Waals surface area (Å²) < 4.78 is 0. The number of pyridine rings is 3. The smallest absolute Gasteiger partial charge is 0.0794 e. The molecule has 52 heavy (non-hydrogen) atoms.